The van der Waals surface area contributed by atoms with Gasteiger partial charge in [-0.2, -0.15) is 0 Å². The van der Waals surface area contributed by atoms with Crippen molar-refractivity contribution in [1.82, 2.24) is 5.32 Å². The Hall–Kier alpha value is -0.540. The van der Waals surface area contributed by atoms with Crippen molar-refractivity contribution in [2.24, 2.45) is 0 Å². The Morgan fingerprint density at radius 3 is 2.50 bits per heavy atom. The molecular formula is C11H17BrN2. The molecule has 0 saturated heterocycles. The third-order valence-corrected chi connectivity index (χ3v) is 2.57. The van der Waals surface area contributed by atoms with E-state index in [9.17, 15) is 0 Å². The van der Waals surface area contributed by atoms with Crippen molar-refractivity contribution in [3.8, 4) is 0 Å². The molecule has 3 heteroatoms. The van der Waals surface area contributed by atoms with Gasteiger partial charge in [-0.1, -0.05) is 6.07 Å². The molecule has 0 aliphatic rings. The molecule has 78 valence electrons. The smallest absolute Gasteiger partial charge is 0.0458 e. The predicted molar refractivity (Wildman–Crippen MR) is 65.1 cm³/mol. The molecule has 0 fully saturated rings. The number of nitrogen functional groups attached to an aromatic ring is 1. The first-order valence-corrected chi connectivity index (χ1v) is 5.47. The van der Waals surface area contributed by atoms with Crippen LogP contribution in [0, 0.1) is 0 Å². The zero-order valence-corrected chi connectivity index (χ0v) is 10.5. The number of halogens is 1. The first kappa shape index (κ1) is 11.5. The summed E-state index contributed by atoms with van der Waals surface area (Å²) in [4.78, 5) is 0. The molecule has 0 saturated carbocycles. The third kappa shape index (κ3) is 3.68. The Morgan fingerprint density at radius 1 is 1.36 bits per heavy atom. The van der Waals surface area contributed by atoms with Gasteiger partial charge >= 0.3 is 0 Å². The maximum absolute atomic E-state index is 5.70. The van der Waals surface area contributed by atoms with Crippen LogP contribution in [0.5, 0.6) is 0 Å². The minimum atomic E-state index is 0.147. The van der Waals surface area contributed by atoms with E-state index in [-0.39, 0.29) is 5.54 Å². The standard InChI is InChI=1S/C11H17BrN2/c1-11(2,3)14-7-8-4-5-10(13)9(12)6-8/h4-6,14H,7,13H2,1-3H3. The lowest BCUT2D eigenvalue weighted by molar-refractivity contribution is 0.424. The van der Waals surface area contributed by atoms with Crippen molar-refractivity contribution in [3.63, 3.8) is 0 Å². The summed E-state index contributed by atoms with van der Waals surface area (Å²) in [6.45, 7) is 7.32. The second-order valence-corrected chi connectivity index (χ2v) is 5.31. The first-order chi connectivity index (χ1) is 6.38. The van der Waals surface area contributed by atoms with Crippen LogP contribution >= 0.6 is 15.9 Å². The van der Waals surface area contributed by atoms with Crippen LogP contribution in [0.1, 0.15) is 26.3 Å². The maximum Gasteiger partial charge on any atom is 0.0458 e. The number of benzene rings is 1. The second kappa shape index (κ2) is 4.32. The van der Waals surface area contributed by atoms with Crippen molar-refractivity contribution in [1.29, 1.82) is 0 Å². The fraction of sp³-hybridized carbons (Fsp3) is 0.455. The monoisotopic (exact) mass is 256 g/mol. The number of nitrogens with one attached hydrogen (secondary N) is 1. The third-order valence-electron chi connectivity index (χ3n) is 1.89. The molecule has 3 N–H and O–H groups in total. The van der Waals surface area contributed by atoms with Gasteiger partial charge in [-0.25, -0.2) is 0 Å². The van der Waals surface area contributed by atoms with Crippen molar-refractivity contribution >= 4 is 21.6 Å². The molecule has 0 bridgehead atoms. The molecule has 0 heterocycles. The van der Waals surface area contributed by atoms with Crippen LogP contribution in [0.2, 0.25) is 0 Å². The van der Waals surface area contributed by atoms with Gasteiger partial charge in [0.25, 0.3) is 0 Å². The molecule has 14 heavy (non-hydrogen) atoms. The Morgan fingerprint density at radius 2 is 2.00 bits per heavy atom. The van der Waals surface area contributed by atoms with E-state index >= 15 is 0 Å². The zero-order valence-electron chi connectivity index (χ0n) is 8.89. The van der Waals surface area contributed by atoms with Crippen LogP contribution in [0.3, 0.4) is 0 Å². The Labute approximate surface area is 94.0 Å². The Bertz CT molecular complexity index is 316. The van der Waals surface area contributed by atoms with Gasteiger partial charge in [0.2, 0.25) is 0 Å². The summed E-state index contributed by atoms with van der Waals surface area (Å²) in [5.74, 6) is 0. The summed E-state index contributed by atoms with van der Waals surface area (Å²) in [7, 11) is 0. The fourth-order valence-electron chi connectivity index (χ4n) is 1.05. The summed E-state index contributed by atoms with van der Waals surface area (Å²) in [6.07, 6.45) is 0. The highest BCUT2D eigenvalue weighted by atomic mass is 79.9. The lowest BCUT2D eigenvalue weighted by Crippen LogP contribution is -2.35. The molecule has 0 aliphatic heterocycles. The second-order valence-electron chi connectivity index (χ2n) is 4.46. The van der Waals surface area contributed by atoms with E-state index in [0.717, 1.165) is 16.7 Å². The number of hydrogen-bond acceptors (Lipinski definition) is 2. The van der Waals surface area contributed by atoms with Crippen LogP contribution in [0.25, 0.3) is 0 Å². The van der Waals surface area contributed by atoms with Gasteiger partial charge < -0.3 is 11.1 Å². The molecule has 0 amide bonds. The van der Waals surface area contributed by atoms with Gasteiger partial charge in [0.05, 0.1) is 0 Å². The average molecular weight is 257 g/mol. The maximum atomic E-state index is 5.70. The quantitative estimate of drug-likeness (QED) is 0.799. The predicted octanol–water partition coefficient (Wildman–Crippen LogP) is 2.92. The van der Waals surface area contributed by atoms with E-state index in [4.69, 9.17) is 5.73 Å². The van der Waals surface area contributed by atoms with Crippen LogP contribution in [0.4, 0.5) is 5.69 Å². The van der Waals surface area contributed by atoms with E-state index in [1.807, 2.05) is 18.2 Å². The molecule has 1 aromatic carbocycles. The van der Waals surface area contributed by atoms with Crippen LogP contribution < -0.4 is 11.1 Å². The van der Waals surface area contributed by atoms with Crippen molar-refractivity contribution in [2.75, 3.05) is 5.73 Å². The molecule has 0 aliphatic carbocycles. The molecular weight excluding hydrogens is 240 g/mol. The fourth-order valence-corrected chi connectivity index (χ4v) is 1.47. The van der Waals surface area contributed by atoms with Crippen molar-refractivity contribution in [2.45, 2.75) is 32.9 Å². The minimum Gasteiger partial charge on any atom is -0.398 e. The molecule has 0 radical (unpaired) electrons. The summed E-state index contributed by atoms with van der Waals surface area (Å²) in [5.41, 5.74) is 7.87. The van der Waals surface area contributed by atoms with Crippen LogP contribution in [-0.2, 0) is 6.54 Å². The minimum absolute atomic E-state index is 0.147. The lowest BCUT2D eigenvalue weighted by atomic mass is 10.1. The topological polar surface area (TPSA) is 38.0 Å². The highest BCUT2D eigenvalue weighted by molar-refractivity contribution is 9.10. The Balaban J connectivity index is 2.65. The number of rotatable bonds is 2. The normalized spacial score (nSPS) is 11.7. The first-order valence-electron chi connectivity index (χ1n) is 4.67. The van der Waals surface area contributed by atoms with E-state index in [1.54, 1.807) is 0 Å². The van der Waals surface area contributed by atoms with Gasteiger partial charge in [0.1, 0.15) is 0 Å². The molecule has 0 atom stereocenters. The van der Waals surface area contributed by atoms with Crippen LogP contribution in [-0.4, -0.2) is 5.54 Å². The zero-order chi connectivity index (χ0) is 10.8. The van der Waals surface area contributed by atoms with Crippen molar-refractivity contribution in [3.05, 3.63) is 28.2 Å². The number of hydrogen-bond donors (Lipinski definition) is 2. The van der Waals surface area contributed by atoms with E-state index in [2.05, 4.69) is 42.0 Å². The summed E-state index contributed by atoms with van der Waals surface area (Å²) >= 11 is 3.41. The molecule has 2 nitrogen and oxygen atoms in total. The molecule has 0 aromatic heterocycles. The summed E-state index contributed by atoms with van der Waals surface area (Å²) in [5, 5.41) is 3.42. The lowest BCUT2D eigenvalue weighted by Gasteiger charge is -2.20. The van der Waals surface area contributed by atoms with Gasteiger partial charge in [-0.05, 0) is 54.4 Å². The molecule has 0 spiro atoms. The number of anilines is 1. The van der Waals surface area contributed by atoms with Gasteiger partial charge in [-0.15, -0.1) is 0 Å². The summed E-state index contributed by atoms with van der Waals surface area (Å²) in [6, 6.07) is 6.01. The summed E-state index contributed by atoms with van der Waals surface area (Å²) < 4.78 is 0.964. The SMILES string of the molecule is CC(C)(C)NCc1ccc(N)c(Br)c1. The molecule has 1 aromatic rings. The largest absolute Gasteiger partial charge is 0.398 e. The average Bonchev–Trinajstić information content (AvgIpc) is 2.06. The highest BCUT2D eigenvalue weighted by Gasteiger charge is 2.08. The van der Waals surface area contributed by atoms with Crippen molar-refractivity contribution < 1.29 is 0 Å². The van der Waals surface area contributed by atoms with Gasteiger partial charge in [0.15, 0.2) is 0 Å². The van der Waals surface area contributed by atoms with Gasteiger partial charge in [0, 0.05) is 22.2 Å². The number of nitrogens with two attached hydrogens (primary N) is 1. The van der Waals surface area contributed by atoms with Crippen LogP contribution in [0.15, 0.2) is 22.7 Å². The Kier molecular flexibility index (Phi) is 3.56. The van der Waals surface area contributed by atoms with Gasteiger partial charge in [-0.3, -0.25) is 0 Å². The molecule has 0 unspecified atom stereocenters. The van der Waals surface area contributed by atoms with E-state index in [1.165, 1.54) is 5.56 Å². The molecule has 1 rings (SSSR count). The van der Waals surface area contributed by atoms with E-state index in [0.29, 0.717) is 0 Å². The highest BCUT2D eigenvalue weighted by Crippen LogP contribution is 2.20. The van der Waals surface area contributed by atoms with E-state index < -0.39 is 0 Å².